The van der Waals surface area contributed by atoms with Crippen LogP contribution < -0.4 is 0 Å². The van der Waals surface area contributed by atoms with E-state index in [1.54, 1.807) is 74.4 Å². The van der Waals surface area contributed by atoms with Gasteiger partial charge in [-0.1, -0.05) is 24.4 Å². The van der Waals surface area contributed by atoms with Crippen LogP contribution in [-0.2, 0) is 28.0 Å². The topological polar surface area (TPSA) is 245 Å². The quantitative estimate of drug-likeness (QED) is 0.138. The van der Waals surface area contributed by atoms with Gasteiger partial charge in [0.1, 0.15) is 20.1 Å². The van der Waals surface area contributed by atoms with Crippen molar-refractivity contribution >= 4 is 58.3 Å². The molecule has 0 amide bonds. The number of rotatable bonds is 4. The average Bonchev–Trinajstić information content (AvgIpc) is 2.83. The predicted octanol–water partition coefficient (Wildman–Crippen LogP) is 1.48. The molecular weight excluding hydrogens is 588 g/mol. The van der Waals surface area contributed by atoms with Crippen molar-refractivity contribution in [2.24, 2.45) is 0 Å². The Morgan fingerprint density at radius 1 is 0.528 bits per heavy atom. The molecule has 0 aliphatic carbocycles. The normalized spacial score (nSPS) is 7.56. The summed E-state index contributed by atoms with van der Waals surface area (Å²) in [6.45, 7) is 0. The summed E-state index contributed by atoms with van der Waals surface area (Å²) in [4.78, 5) is 32.2. The Balaban J connectivity index is -0.000000214. The zero-order chi connectivity index (χ0) is 23.3. The molecule has 8 N–H and O–H groups in total. The molecule has 13 nitrogen and oxygen atoms in total. The van der Waals surface area contributed by atoms with Crippen LogP contribution in [0.5, 0.6) is 0 Å². The van der Waals surface area contributed by atoms with E-state index in [0.29, 0.717) is 0 Å². The van der Waals surface area contributed by atoms with Crippen molar-refractivity contribution in [1.82, 2.24) is 39.9 Å². The van der Waals surface area contributed by atoms with E-state index in [1.165, 1.54) is 33.8 Å². The van der Waals surface area contributed by atoms with E-state index in [0.717, 1.165) is 20.1 Å². The van der Waals surface area contributed by atoms with Crippen LogP contribution in [0.25, 0.3) is 10.8 Å². The third kappa shape index (κ3) is 20.4. The van der Waals surface area contributed by atoms with E-state index in [-0.39, 0.29) is 33.5 Å². The smallest absolute Gasteiger partial charge is 0.753 e. The van der Waals surface area contributed by atoms with Gasteiger partial charge in [-0.05, 0) is 23.5 Å². The Morgan fingerprint density at radius 2 is 0.722 bits per heavy atom. The number of hydrogen-bond donors (Lipinski definition) is 0. The third-order valence-corrected chi connectivity index (χ3v) is 4.26. The van der Waals surface area contributed by atoms with Gasteiger partial charge in [0.15, 0.2) is 0 Å². The molecular formula is C18H20FeN10O3S4+2. The van der Waals surface area contributed by atoms with Crippen molar-refractivity contribution in [3.05, 3.63) is 85.2 Å². The Kier molecular flexibility index (Phi) is 31.6. The second kappa shape index (κ2) is 28.3. The summed E-state index contributed by atoms with van der Waals surface area (Å²) in [5, 5.41) is 20.2. The van der Waals surface area contributed by atoms with Gasteiger partial charge in [0.25, 0.3) is 0 Å². The Bertz CT molecular complexity index is 919. The number of nitrogens with zero attached hydrogens (tertiary/aromatic N) is 10. The van der Waals surface area contributed by atoms with Gasteiger partial charge in [0.2, 0.25) is 0 Å². The molecule has 0 aromatic carbocycles. The van der Waals surface area contributed by atoms with E-state index in [1.807, 2.05) is 0 Å². The fourth-order valence-corrected chi connectivity index (χ4v) is 2.90. The maximum absolute atomic E-state index is 7.13. The molecule has 0 spiro atoms. The molecule has 4 aromatic rings. The van der Waals surface area contributed by atoms with Crippen molar-refractivity contribution in [3.8, 4) is 0 Å². The van der Waals surface area contributed by atoms with E-state index < -0.39 is 0 Å². The van der Waals surface area contributed by atoms with E-state index in [9.17, 15) is 0 Å². The molecule has 4 heterocycles. The first-order valence-electron chi connectivity index (χ1n) is 8.15. The Labute approximate surface area is 235 Å². The first kappa shape index (κ1) is 40.2. The first-order chi connectivity index (χ1) is 15.7. The molecule has 4 aromatic heterocycles. The van der Waals surface area contributed by atoms with Gasteiger partial charge >= 0.3 is 17.1 Å². The van der Waals surface area contributed by atoms with Crippen molar-refractivity contribution in [3.63, 3.8) is 0 Å². The molecule has 0 atom stereocenters. The summed E-state index contributed by atoms with van der Waals surface area (Å²) in [6, 6.07) is 0. The summed E-state index contributed by atoms with van der Waals surface area (Å²) in [5.41, 5.74) is 0. The second-order valence-corrected chi connectivity index (χ2v) is 7.01. The summed E-state index contributed by atoms with van der Waals surface area (Å²) >= 11 is 10.3. The molecule has 0 fully saturated rings. The van der Waals surface area contributed by atoms with E-state index in [2.05, 4.69) is 64.3 Å². The number of aromatic nitrogens is 8. The first-order valence-corrected chi connectivity index (χ1v) is 10.6. The zero-order valence-electron chi connectivity index (χ0n) is 18.0. The van der Waals surface area contributed by atoms with E-state index in [4.69, 9.17) is 10.8 Å². The van der Waals surface area contributed by atoms with E-state index >= 15 is 0 Å². The molecule has 190 valence electrons. The summed E-state index contributed by atoms with van der Waals surface area (Å²) in [7, 11) is 0. The SMILES string of the molecule is O.[Fe+2].[N-]=C=S.[N-]=C=S.[OH3+].[OH3+].c1cnc(Sc2cnccn2)cn1.c1cnc(Sc2cnccn2)cn1. The summed E-state index contributed by atoms with van der Waals surface area (Å²) in [6.07, 6.45) is 19.9. The van der Waals surface area contributed by atoms with Gasteiger partial charge in [-0.3, -0.25) is 19.9 Å². The van der Waals surface area contributed by atoms with Crippen LogP contribution in [-0.4, -0.2) is 55.7 Å². The van der Waals surface area contributed by atoms with Crippen molar-refractivity contribution in [2.45, 2.75) is 20.1 Å². The molecule has 36 heavy (non-hydrogen) atoms. The monoisotopic (exact) mass is 608 g/mol. The molecule has 18 heteroatoms. The van der Waals surface area contributed by atoms with Crippen molar-refractivity contribution < 1.29 is 33.5 Å². The number of hydrogen-bond acceptors (Lipinski definition) is 12. The standard InChI is InChI=1S/2C8H6N4S.2CNS.Fe.3H2O/c2*1-3-11-7(5-9-1)13-8-6-10-2-4-12-8;2*2-1-3;;;;/h2*1-6H;;;;3*1H2/q;;2*-1;+2;;;/p+2. The summed E-state index contributed by atoms with van der Waals surface area (Å²) < 4.78 is 0. The molecule has 0 bridgehead atoms. The van der Waals surface area contributed by atoms with Gasteiger partial charge in [0, 0.05) is 49.6 Å². The fraction of sp³-hybridized carbons (Fsp3) is 0. The zero-order valence-corrected chi connectivity index (χ0v) is 22.4. The molecule has 4 rings (SSSR count). The average molecular weight is 609 g/mol. The van der Waals surface area contributed by atoms with Crippen molar-refractivity contribution in [1.29, 1.82) is 0 Å². The van der Waals surface area contributed by atoms with Crippen LogP contribution >= 0.6 is 48.0 Å². The molecule has 0 unspecified atom stereocenters. The minimum absolute atomic E-state index is 0. The maximum atomic E-state index is 7.13. The Morgan fingerprint density at radius 3 is 0.861 bits per heavy atom. The van der Waals surface area contributed by atoms with Crippen LogP contribution in [0.2, 0.25) is 0 Å². The summed E-state index contributed by atoms with van der Waals surface area (Å²) in [5.74, 6) is 0. The molecule has 0 aliphatic heterocycles. The van der Waals surface area contributed by atoms with Gasteiger partial charge in [0.05, 0.1) is 24.8 Å². The largest absolute Gasteiger partial charge is 2.00 e. The van der Waals surface area contributed by atoms with Crippen LogP contribution in [0.15, 0.2) is 94.5 Å². The van der Waals surface area contributed by atoms with Crippen molar-refractivity contribution in [2.75, 3.05) is 0 Å². The fourth-order valence-electron chi connectivity index (χ4n) is 1.57. The minimum Gasteiger partial charge on any atom is -0.753 e. The third-order valence-electron chi connectivity index (χ3n) is 2.58. The van der Waals surface area contributed by atoms with Gasteiger partial charge < -0.3 is 27.2 Å². The molecule has 0 saturated heterocycles. The van der Waals surface area contributed by atoms with Gasteiger partial charge in [-0.2, -0.15) is 10.3 Å². The molecule has 0 radical (unpaired) electrons. The predicted molar refractivity (Wildman–Crippen MR) is 142 cm³/mol. The Hall–Kier alpha value is -2.98. The van der Waals surface area contributed by atoms with Crippen LogP contribution in [0.1, 0.15) is 0 Å². The van der Waals surface area contributed by atoms with Crippen LogP contribution in [0, 0.1) is 0 Å². The minimum atomic E-state index is 0. The van der Waals surface area contributed by atoms with Crippen LogP contribution in [0.4, 0.5) is 0 Å². The number of thiocarbonyl (C=S) groups is 2. The molecule has 0 saturated carbocycles. The maximum Gasteiger partial charge on any atom is 2.00 e. The van der Waals surface area contributed by atoms with Gasteiger partial charge in [-0.25, -0.2) is 19.9 Å². The van der Waals surface area contributed by atoms with Gasteiger partial charge in [-0.15, -0.1) is 0 Å². The molecule has 0 aliphatic rings. The number of isothiocyanates is 2. The second-order valence-electron chi connectivity index (χ2n) is 4.56. The van der Waals surface area contributed by atoms with Crippen LogP contribution in [0.3, 0.4) is 0 Å².